The Morgan fingerprint density at radius 3 is 2.70 bits per heavy atom. The lowest BCUT2D eigenvalue weighted by atomic mass is 10.2. The van der Waals surface area contributed by atoms with Gasteiger partial charge in [-0.3, -0.25) is 9.69 Å². The summed E-state index contributed by atoms with van der Waals surface area (Å²) >= 11 is 7.27. The number of rotatable bonds is 5. The summed E-state index contributed by atoms with van der Waals surface area (Å²) in [6.07, 6.45) is 0. The minimum atomic E-state index is -0.571. The smallest absolute Gasteiger partial charge is 0.338 e. The average Bonchev–Trinajstić information content (AvgIpc) is 3.08. The highest BCUT2D eigenvalue weighted by molar-refractivity contribution is 7.14. The number of anilines is 2. The molecule has 0 spiro atoms. The lowest BCUT2D eigenvalue weighted by Gasteiger charge is -2.18. The first-order valence-electron chi connectivity index (χ1n) is 7.91. The van der Waals surface area contributed by atoms with Crippen molar-refractivity contribution in [3.05, 3.63) is 70.2 Å². The average molecular weight is 403 g/mol. The molecule has 0 radical (unpaired) electrons. The first-order valence-corrected chi connectivity index (χ1v) is 9.16. The third-order valence-electron chi connectivity index (χ3n) is 3.55. The first-order chi connectivity index (χ1) is 12.9. The minimum Gasteiger partial charge on any atom is -0.508 e. The number of hydrogen-bond acceptors (Lipinski definition) is 6. The van der Waals surface area contributed by atoms with Crippen LogP contribution >= 0.6 is 22.9 Å². The molecule has 1 aromatic heterocycles. The second-order valence-corrected chi connectivity index (χ2v) is 6.86. The molecule has 0 unspecified atom stereocenters. The third kappa shape index (κ3) is 4.64. The number of benzene rings is 2. The van der Waals surface area contributed by atoms with E-state index in [1.54, 1.807) is 41.8 Å². The number of carbonyl (C=O) groups excluding carboxylic acids is 2. The van der Waals surface area contributed by atoms with Crippen LogP contribution in [-0.2, 0) is 16.1 Å². The van der Waals surface area contributed by atoms with Crippen LogP contribution in [0.15, 0.2) is 53.9 Å². The van der Waals surface area contributed by atoms with Crippen molar-refractivity contribution in [3.8, 4) is 5.75 Å². The van der Waals surface area contributed by atoms with Gasteiger partial charge >= 0.3 is 5.97 Å². The standard InChI is InChI=1S/C19H15ClN2O4S/c1-12(23)22(16-6-3-5-14(20)9-16)19-21-15(11-27-19)10-26-18(25)13-4-2-7-17(24)8-13/h2-9,11,24H,10H2,1H3. The van der Waals surface area contributed by atoms with Gasteiger partial charge in [-0.1, -0.05) is 23.7 Å². The van der Waals surface area contributed by atoms with Crippen LogP contribution in [0.2, 0.25) is 5.02 Å². The zero-order chi connectivity index (χ0) is 19.4. The van der Waals surface area contributed by atoms with Crippen molar-refractivity contribution >= 4 is 45.6 Å². The molecule has 27 heavy (non-hydrogen) atoms. The van der Waals surface area contributed by atoms with Crippen molar-refractivity contribution in [3.63, 3.8) is 0 Å². The van der Waals surface area contributed by atoms with E-state index in [2.05, 4.69) is 4.98 Å². The molecule has 0 bridgehead atoms. The normalized spacial score (nSPS) is 10.4. The predicted molar refractivity (Wildman–Crippen MR) is 104 cm³/mol. The van der Waals surface area contributed by atoms with Crippen molar-refractivity contribution in [1.29, 1.82) is 0 Å². The molecule has 138 valence electrons. The third-order valence-corrected chi connectivity index (χ3v) is 4.65. The molecule has 1 amide bonds. The fraction of sp³-hybridized carbons (Fsp3) is 0.105. The number of nitrogens with zero attached hydrogens (tertiary/aromatic N) is 2. The summed E-state index contributed by atoms with van der Waals surface area (Å²) in [6, 6.07) is 12.8. The SMILES string of the molecule is CC(=O)N(c1cccc(Cl)c1)c1nc(COC(=O)c2cccc(O)c2)cs1. The summed E-state index contributed by atoms with van der Waals surface area (Å²) in [4.78, 5) is 29.9. The molecule has 0 atom stereocenters. The molecule has 3 rings (SSSR count). The molecule has 3 aromatic rings. The Bertz CT molecular complexity index is 989. The fourth-order valence-electron chi connectivity index (χ4n) is 2.36. The highest BCUT2D eigenvalue weighted by atomic mass is 35.5. The van der Waals surface area contributed by atoms with E-state index in [0.29, 0.717) is 21.5 Å². The van der Waals surface area contributed by atoms with Crippen molar-refractivity contribution in [1.82, 2.24) is 4.98 Å². The molecule has 0 saturated carbocycles. The number of halogens is 1. The predicted octanol–water partition coefficient (Wildman–Crippen LogP) is 4.54. The molecule has 0 fully saturated rings. The van der Waals surface area contributed by atoms with Crippen LogP contribution in [0.3, 0.4) is 0 Å². The Morgan fingerprint density at radius 2 is 2.00 bits per heavy atom. The van der Waals surface area contributed by atoms with Crippen LogP contribution in [0.5, 0.6) is 5.75 Å². The van der Waals surface area contributed by atoms with E-state index >= 15 is 0 Å². The number of phenols is 1. The van der Waals surface area contributed by atoms with Crippen LogP contribution in [0.25, 0.3) is 0 Å². The van der Waals surface area contributed by atoms with Gasteiger partial charge in [0, 0.05) is 17.3 Å². The van der Waals surface area contributed by atoms with Gasteiger partial charge in [0.2, 0.25) is 5.91 Å². The number of hydrogen-bond donors (Lipinski definition) is 1. The summed E-state index contributed by atoms with van der Waals surface area (Å²) in [5, 5.41) is 12.1. The Balaban J connectivity index is 1.73. The molecule has 6 nitrogen and oxygen atoms in total. The Kier molecular flexibility index (Phi) is 5.73. The van der Waals surface area contributed by atoms with E-state index in [4.69, 9.17) is 16.3 Å². The molecule has 2 aromatic carbocycles. The molecule has 0 aliphatic carbocycles. The highest BCUT2D eigenvalue weighted by Crippen LogP contribution is 2.30. The number of thiazole rings is 1. The topological polar surface area (TPSA) is 79.7 Å². The van der Waals surface area contributed by atoms with Crippen LogP contribution in [-0.4, -0.2) is 22.0 Å². The van der Waals surface area contributed by atoms with Crippen molar-refractivity contribution < 1.29 is 19.4 Å². The zero-order valence-corrected chi connectivity index (χ0v) is 15.8. The summed E-state index contributed by atoms with van der Waals surface area (Å²) in [6.45, 7) is 1.39. The Labute approximate surface area is 164 Å². The maximum absolute atomic E-state index is 12.1. The summed E-state index contributed by atoms with van der Waals surface area (Å²) < 4.78 is 5.22. The van der Waals surface area contributed by atoms with Gasteiger partial charge in [0.05, 0.1) is 16.9 Å². The van der Waals surface area contributed by atoms with Gasteiger partial charge in [-0.05, 0) is 36.4 Å². The second-order valence-electron chi connectivity index (χ2n) is 5.58. The molecule has 1 N–H and O–H groups in total. The summed E-state index contributed by atoms with van der Waals surface area (Å²) in [5.74, 6) is -0.798. The van der Waals surface area contributed by atoms with Gasteiger partial charge in [-0.15, -0.1) is 11.3 Å². The van der Waals surface area contributed by atoms with Crippen LogP contribution in [0, 0.1) is 0 Å². The molecular formula is C19H15ClN2O4S. The quantitative estimate of drug-likeness (QED) is 0.633. The monoisotopic (exact) mass is 402 g/mol. The van der Waals surface area contributed by atoms with Gasteiger partial charge in [0.15, 0.2) is 5.13 Å². The van der Waals surface area contributed by atoms with E-state index in [-0.39, 0.29) is 23.8 Å². The first kappa shape index (κ1) is 18.9. The number of esters is 1. The Morgan fingerprint density at radius 1 is 1.22 bits per heavy atom. The lowest BCUT2D eigenvalue weighted by Crippen LogP contribution is -2.22. The molecule has 0 aliphatic rings. The maximum atomic E-state index is 12.1. The van der Waals surface area contributed by atoms with Gasteiger partial charge < -0.3 is 9.84 Å². The van der Waals surface area contributed by atoms with Crippen LogP contribution in [0.1, 0.15) is 23.0 Å². The van der Waals surface area contributed by atoms with Crippen LogP contribution < -0.4 is 4.90 Å². The van der Waals surface area contributed by atoms with E-state index in [9.17, 15) is 14.7 Å². The van der Waals surface area contributed by atoms with Crippen molar-refractivity contribution in [2.24, 2.45) is 0 Å². The fourth-order valence-corrected chi connectivity index (χ4v) is 3.42. The Hall–Kier alpha value is -2.90. The van der Waals surface area contributed by atoms with Gasteiger partial charge in [-0.25, -0.2) is 9.78 Å². The van der Waals surface area contributed by atoms with E-state index < -0.39 is 5.97 Å². The minimum absolute atomic E-state index is 0.0148. The number of aromatic hydroxyl groups is 1. The second kappa shape index (κ2) is 8.20. The molecule has 8 heteroatoms. The van der Waals surface area contributed by atoms with Gasteiger partial charge in [-0.2, -0.15) is 0 Å². The van der Waals surface area contributed by atoms with E-state index in [1.807, 2.05) is 0 Å². The molecule has 0 aliphatic heterocycles. The van der Waals surface area contributed by atoms with E-state index in [0.717, 1.165) is 0 Å². The number of amides is 1. The van der Waals surface area contributed by atoms with Crippen LogP contribution in [0.4, 0.5) is 10.8 Å². The molecule has 1 heterocycles. The maximum Gasteiger partial charge on any atom is 0.338 e. The van der Waals surface area contributed by atoms with Crippen molar-refractivity contribution in [2.45, 2.75) is 13.5 Å². The lowest BCUT2D eigenvalue weighted by molar-refractivity contribution is -0.115. The van der Waals surface area contributed by atoms with Gasteiger partial charge in [0.25, 0.3) is 0 Å². The largest absolute Gasteiger partial charge is 0.508 e. The number of aromatic nitrogens is 1. The summed E-state index contributed by atoms with van der Waals surface area (Å²) in [7, 11) is 0. The zero-order valence-electron chi connectivity index (χ0n) is 14.3. The number of phenolic OH excluding ortho intramolecular Hbond substituents is 1. The molecular weight excluding hydrogens is 388 g/mol. The number of carbonyl (C=O) groups is 2. The van der Waals surface area contributed by atoms with E-state index in [1.165, 1.54) is 35.3 Å². The van der Waals surface area contributed by atoms with Crippen molar-refractivity contribution in [2.75, 3.05) is 4.90 Å². The van der Waals surface area contributed by atoms with Gasteiger partial charge in [0.1, 0.15) is 12.4 Å². The summed E-state index contributed by atoms with van der Waals surface area (Å²) in [5.41, 5.74) is 1.36. The molecule has 0 saturated heterocycles. The number of ether oxygens (including phenoxy) is 1. The highest BCUT2D eigenvalue weighted by Gasteiger charge is 2.19.